The second kappa shape index (κ2) is 12.7. The molecule has 1 aliphatic rings. The molecular formula is C27H32N2O7. The second-order valence-electron chi connectivity index (χ2n) is 8.39. The Morgan fingerprint density at radius 1 is 0.972 bits per heavy atom. The quantitative estimate of drug-likeness (QED) is 0.189. The number of aliphatic hydroxyl groups is 1. The number of ketones is 1. The van der Waals surface area contributed by atoms with Crippen LogP contribution in [-0.2, 0) is 19.1 Å². The van der Waals surface area contributed by atoms with Crippen molar-refractivity contribution >= 4 is 23.4 Å². The molecule has 0 bridgehead atoms. The smallest absolute Gasteiger partial charge is 0.295 e. The molecule has 2 aromatic rings. The van der Waals surface area contributed by atoms with Crippen molar-refractivity contribution in [1.29, 1.82) is 0 Å². The summed E-state index contributed by atoms with van der Waals surface area (Å²) in [4.78, 5) is 38.5. The molecule has 0 radical (unpaired) electrons. The first-order chi connectivity index (χ1) is 17.4. The number of unbranched alkanes of at least 4 members (excludes halogenated alkanes) is 1. The maximum atomic E-state index is 13.1. The molecule has 1 atom stereocenters. The fourth-order valence-electron chi connectivity index (χ4n) is 3.94. The van der Waals surface area contributed by atoms with E-state index in [1.54, 1.807) is 55.6 Å². The first kappa shape index (κ1) is 26.7. The number of primary amides is 1. The van der Waals surface area contributed by atoms with E-state index in [1.165, 1.54) is 4.90 Å². The molecule has 2 amide bonds. The monoisotopic (exact) mass is 496 g/mol. The number of benzene rings is 2. The van der Waals surface area contributed by atoms with Crippen LogP contribution in [0.3, 0.4) is 0 Å². The third-order valence-electron chi connectivity index (χ3n) is 5.76. The molecule has 0 spiro atoms. The standard InChI is InChI=1S/C27H32N2O7/c1-3-4-16-35-20-12-8-19(9-13-20)25(31)23-24(29(14-5-15-34-2)27(33)26(23)32)18-6-10-21(11-7-18)36-17-22(28)30/h6-13,24,31H,3-5,14-17H2,1-2H3,(H2,28,30)/t24-/m0/s1. The number of ether oxygens (including phenoxy) is 3. The van der Waals surface area contributed by atoms with Crippen molar-refractivity contribution in [2.45, 2.75) is 32.2 Å². The Kier molecular flexibility index (Phi) is 9.46. The number of aliphatic hydroxyl groups excluding tert-OH is 1. The lowest BCUT2D eigenvalue weighted by molar-refractivity contribution is -0.140. The Morgan fingerprint density at radius 2 is 1.61 bits per heavy atom. The fourth-order valence-corrected chi connectivity index (χ4v) is 3.94. The summed E-state index contributed by atoms with van der Waals surface area (Å²) < 4.78 is 16.1. The zero-order valence-corrected chi connectivity index (χ0v) is 20.6. The van der Waals surface area contributed by atoms with Gasteiger partial charge in [-0.15, -0.1) is 0 Å². The SMILES string of the molecule is CCCCOc1ccc(C(O)=C2C(=O)C(=O)N(CCCOC)[C@H]2c2ccc(OCC(N)=O)cc2)cc1. The van der Waals surface area contributed by atoms with E-state index >= 15 is 0 Å². The third-order valence-corrected chi connectivity index (χ3v) is 5.76. The minimum atomic E-state index is -0.799. The molecule has 3 rings (SSSR count). The molecule has 0 aromatic heterocycles. The van der Waals surface area contributed by atoms with Crippen molar-refractivity contribution < 1.29 is 33.7 Å². The fraction of sp³-hybridized carbons (Fsp3) is 0.370. The van der Waals surface area contributed by atoms with Crippen LogP contribution in [0, 0.1) is 0 Å². The first-order valence-electron chi connectivity index (χ1n) is 11.9. The van der Waals surface area contributed by atoms with E-state index in [2.05, 4.69) is 6.92 Å². The molecule has 1 saturated heterocycles. The first-order valence-corrected chi connectivity index (χ1v) is 11.9. The molecule has 0 saturated carbocycles. The Labute approximate surface area is 210 Å². The number of methoxy groups -OCH3 is 1. The summed E-state index contributed by atoms with van der Waals surface area (Å²) in [6, 6.07) is 12.6. The third kappa shape index (κ3) is 6.42. The van der Waals surface area contributed by atoms with Gasteiger partial charge in [0.25, 0.3) is 17.6 Å². The minimum Gasteiger partial charge on any atom is -0.507 e. The number of nitrogens with zero attached hydrogens (tertiary/aromatic N) is 1. The largest absolute Gasteiger partial charge is 0.507 e. The molecule has 192 valence electrons. The maximum Gasteiger partial charge on any atom is 0.295 e. The summed E-state index contributed by atoms with van der Waals surface area (Å²) in [5.74, 6) is -1.25. The number of carbonyl (C=O) groups is 3. The highest BCUT2D eigenvalue weighted by atomic mass is 16.5. The zero-order chi connectivity index (χ0) is 26.1. The van der Waals surface area contributed by atoms with Gasteiger partial charge in [-0.1, -0.05) is 25.5 Å². The van der Waals surface area contributed by atoms with Gasteiger partial charge in [0, 0.05) is 25.8 Å². The van der Waals surface area contributed by atoms with Gasteiger partial charge >= 0.3 is 0 Å². The van der Waals surface area contributed by atoms with Crippen LogP contribution in [0.15, 0.2) is 54.1 Å². The highest BCUT2D eigenvalue weighted by Crippen LogP contribution is 2.40. The average molecular weight is 497 g/mol. The van der Waals surface area contributed by atoms with Crippen LogP contribution in [0.25, 0.3) is 5.76 Å². The lowest BCUT2D eigenvalue weighted by Crippen LogP contribution is -2.31. The summed E-state index contributed by atoms with van der Waals surface area (Å²) in [5.41, 5.74) is 6.14. The number of amides is 2. The summed E-state index contributed by atoms with van der Waals surface area (Å²) >= 11 is 0. The van der Waals surface area contributed by atoms with Gasteiger partial charge < -0.3 is 30.0 Å². The number of nitrogens with two attached hydrogens (primary N) is 1. The van der Waals surface area contributed by atoms with Gasteiger partial charge in [-0.25, -0.2) is 0 Å². The van der Waals surface area contributed by atoms with Crippen LogP contribution >= 0.6 is 0 Å². The normalized spacial score (nSPS) is 16.8. The maximum absolute atomic E-state index is 13.1. The molecule has 9 heteroatoms. The van der Waals surface area contributed by atoms with Gasteiger partial charge in [0.05, 0.1) is 18.2 Å². The van der Waals surface area contributed by atoms with E-state index in [4.69, 9.17) is 19.9 Å². The van der Waals surface area contributed by atoms with Crippen molar-refractivity contribution in [3.8, 4) is 11.5 Å². The molecule has 2 aromatic carbocycles. The van der Waals surface area contributed by atoms with Gasteiger partial charge in [-0.3, -0.25) is 14.4 Å². The number of Topliss-reactive ketones (excluding diaryl/α,β-unsaturated/α-hetero) is 1. The summed E-state index contributed by atoms with van der Waals surface area (Å²) in [6.07, 6.45) is 2.46. The number of hydrogen-bond donors (Lipinski definition) is 2. The number of rotatable bonds is 13. The van der Waals surface area contributed by atoms with Gasteiger partial charge in [0.2, 0.25) is 0 Å². The Balaban J connectivity index is 1.96. The lowest BCUT2D eigenvalue weighted by atomic mass is 9.95. The summed E-state index contributed by atoms with van der Waals surface area (Å²) in [7, 11) is 1.56. The van der Waals surface area contributed by atoms with Crippen molar-refractivity contribution in [2.24, 2.45) is 5.73 Å². The zero-order valence-electron chi connectivity index (χ0n) is 20.6. The predicted molar refractivity (Wildman–Crippen MR) is 133 cm³/mol. The number of carbonyl (C=O) groups excluding carboxylic acids is 3. The predicted octanol–water partition coefficient (Wildman–Crippen LogP) is 3.19. The van der Waals surface area contributed by atoms with Gasteiger partial charge in [0.15, 0.2) is 6.61 Å². The summed E-state index contributed by atoms with van der Waals surface area (Å²) in [5, 5.41) is 11.2. The highest BCUT2D eigenvalue weighted by Gasteiger charge is 2.45. The molecule has 0 unspecified atom stereocenters. The Bertz CT molecular complexity index is 1090. The van der Waals surface area contributed by atoms with E-state index in [1.807, 2.05) is 0 Å². The van der Waals surface area contributed by atoms with Crippen LogP contribution in [0.2, 0.25) is 0 Å². The Morgan fingerprint density at radius 3 is 2.22 bits per heavy atom. The molecule has 3 N–H and O–H groups in total. The van der Waals surface area contributed by atoms with Crippen molar-refractivity contribution in [2.75, 3.05) is 33.5 Å². The van der Waals surface area contributed by atoms with Gasteiger partial charge in [-0.05, 0) is 54.8 Å². The second-order valence-corrected chi connectivity index (χ2v) is 8.39. The van der Waals surface area contributed by atoms with E-state index in [0.29, 0.717) is 42.3 Å². The van der Waals surface area contributed by atoms with Gasteiger partial charge in [0.1, 0.15) is 17.3 Å². The van der Waals surface area contributed by atoms with Crippen LogP contribution in [0.5, 0.6) is 11.5 Å². The van der Waals surface area contributed by atoms with Crippen LogP contribution in [-0.4, -0.2) is 61.1 Å². The van der Waals surface area contributed by atoms with E-state index in [0.717, 1.165) is 12.8 Å². The lowest BCUT2D eigenvalue weighted by Gasteiger charge is -2.25. The molecular weight excluding hydrogens is 464 g/mol. The average Bonchev–Trinajstić information content (AvgIpc) is 3.13. The Hall–Kier alpha value is -3.85. The van der Waals surface area contributed by atoms with E-state index < -0.39 is 23.6 Å². The van der Waals surface area contributed by atoms with Crippen LogP contribution < -0.4 is 15.2 Å². The molecule has 1 aliphatic heterocycles. The number of likely N-dealkylation sites (tertiary alicyclic amines) is 1. The minimum absolute atomic E-state index is 0.00266. The highest BCUT2D eigenvalue weighted by molar-refractivity contribution is 6.46. The van der Waals surface area contributed by atoms with Crippen molar-refractivity contribution in [1.82, 2.24) is 4.90 Å². The molecule has 9 nitrogen and oxygen atoms in total. The van der Waals surface area contributed by atoms with Gasteiger partial charge in [-0.2, -0.15) is 0 Å². The summed E-state index contributed by atoms with van der Waals surface area (Å²) in [6.45, 7) is 3.08. The van der Waals surface area contributed by atoms with E-state index in [-0.39, 0.29) is 24.5 Å². The molecule has 1 heterocycles. The van der Waals surface area contributed by atoms with Crippen LogP contribution in [0.1, 0.15) is 43.4 Å². The van der Waals surface area contributed by atoms with Crippen LogP contribution in [0.4, 0.5) is 0 Å². The topological polar surface area (TPSA) is 128 Å². The van der Waals surface area contributed by atoms with Crippen molar-refractivity contribution in [3.63, 3.8) is 0 Å². The van der Waals surface area contributed by atoms with E-state index in [9.17, 15) is 19.5 Å². The molecule has 36 heavy (non-hydrogen) atoms. The molecule has 0 aliphatic carbocycles. The number of hydrogen-bond acceptors (Lipinski definition) is 7. The van der Waals surface area contributed by atoms with Crippen molar-refractivity contribution in [3.05, 3.63) is 65.2 Å². The molecule has 1 fully saturated rings.